The van der Waals surface area contributed by atoms with Gasteiger partial charge in [0.25, 0.3) is 0 Å². The zero-order valence-corrected chi connectivity index (χ0v) is 20.0. The van der Waals surface area contributed by atoms with Gasteiger partial charge in [-0.2, -0.15) is 5.26 Å². The van der Waals surface area contributed by atoms with Gasteiger partial charge in [0.15, 0.2) is 5.76 Å². The van der Waals surface area contributed by atoms with Crippen LogP contribution in [0.1, 0.15) is 18.2 Å². The van der Waals surface area contributed by atoms with Crippen molar-refractivity contribution in [2.45, 2.75) is 18.6 Å². The summed E-state index contributed by atoms with van der Waals surface area (Å²) in [4.78, 5) is 4.17. The predicted octanol–water partition coefficient (Wildman–Crippen LogP) is 3.18. The molecule has 11 nitrogen and oxygen atoms in total. The van der Waals surface area contributed by atoms with E-state index in [1.807, 2.05) is 6.07 Å². The molecule has 1 aromatic carbocycles. The lowest BCUT2D eigenvalue weighted by Crippen LogP contribution is -2.29. The van der Waals surface area contributed by atoms with E-state index in [-0.39, 0.29) is 18.2 Å². The molecule has 3 aromatic heterocycles. The number of anilines is 1. The Bertz CT molecular complexity index is 1440. The molecular weight excluding hydrogens is 472 g/mol. The number of methoxy groups -OCH3 is 2. The minimum absolute atomic E-state index is 0.0705. The first-order valence-electron chi connectivity index (χ1n) is 10.4. The lowest BCUT2D eigenvalue weighted by Gasteiger charge is -2.18. The smallest absolute Gasteiger partial charge is 0.243 e. The van der Waals surface area contributed by atoms with E-state index in [2.05, 4.69) is 19.9 Å². The zero-order valence-electron chi connectivity index (χ0n) is 19.2. The van der Waals surface area contributed by atoms with Crippen molar-refractivity contribution in [1.82, 2.24) is 19.7 Å². The predicted molar refractivity (Wildman–Crippen MR) is 127 cm³/mol. The zero-order chi connectivity index (χ0) is 25.0. The first-order chi connectivity index (χ1) is 16.9. The highest BCUT2D eigenvalue weighted by Crippen LogP contribution is 2.37. The summed E-state index contributed by atoms with van der Waals surface area (Å²) >= 11 is 0. The summed E-state index contributed by atoms with van der Waals surface area (Å²) in [6.45, 7) is 1.56. The van der Waals surface area contributed by atoms with Crippen LogP contribution in [0.25, 0.3) is 17.3 Å². The van der Waals surface area contributed by atoms with Crippen LogP contribution in [0.4, 0.5) is 5.95 Å². The molecule has 1 N–H and O–H groups in total. The first kappa shape index (κ1) is 23.8. The maximum absolute atomic E-state index is 13.3. The molecule has 180 valence electrons. The molecule has 0 saturated heterocycles. The Morgan fingerprint density at radius 3 is 2.43 bits per heavy atom. The molecule has 4 rings (SSSR count). The standard InChI is InChI=1S/C23H22N6O5S/c1-15(12-17-10-9-16(13-24)14-25-17)35(30,31)28-23-27-26-22(20-8-5-11-34-20)29(23)21-18(32-2)6-4-7-19(21)33-3/h4-11,14-15H,12H2,1-3H3,(H,27,28). The molecule has 3 heterocycles. The van der Waals surface area contributed by atoms with Crippen molar-refractivity contribution in [2.24, 2.45) is 0 Å². The van der Waals surface area contributed by atoms with Crippen LogP contribution < -0.4 is 14.2 Å². The van der Waals surface area contributed by atoms with Gasteiger partial charge in [-0.3, -0.25) is 14.3 Å². The molecule has 0 fully saturated rings. The van der Waals surface area contributed by atoms with E-state index in [4.69, 9.17) is 19.2 Å². The van der Waals surface area contributed by atoms with Gasteiger partial charge in [0.1, 0.15) is 23.3 Å². The third-order valence-corrected chi connectivity index (χ3v) is 6.94. The molecule has 0 aliphatic heterocycles. The molecule has 0 spiro atoms. The van der Waals surface area contributed by atoms with Crippen LogP contribution >= 0.6 is 0 Å². The fourth-order valence-corrected chi connectivity index (χ4v) is 4.40. The minimum Gasteiger partial charge on any atom is -0.494 e. The largest absolute Gasteiger partial charge is 0.494 e. The van der Waals surface area contributed by atoms with E-state index in [0.29, 0.717) is 34.2 Å². The lowest BCUT2D eigenvalue weighted by molar-refractivity contribution is 0.391. The van der Waals surface area contributed by atoms with Crippen LogP contribution in [0.2, 0.25) is 0 Å². The summed E-state index contributed by atoms with van der Waals surface area (Å²) in [5.41, 5.74) is 1.32. The number of ether oxygens (including phenoxy) is 2. The molecule has 35 heavy (non-hydrogen) atoms. The molecule has 4 aromatic rings. The molecule has 0 radical (unpaired) electrons. The van der Waals surface area contributed by atoms with Crippen molar-refractivity contribution in [3.8, 4) is 34.8 Å². The quantitative estimate of drug-likeness (QED) is 0.371. The van der Waals surface area contributed by atoms with Crippen molar-refractivity contribution in [3.63, 3.8) is 0 Å². The van der Waals surface area contributed by atoms with Gasteiger partial charge in [0, 0.05) is 18.3 Å². The number of nitrogens with one attached hydrogen (secondary N) is 1. The van der Waals surface area contributed by atoms with Crippen LogP contribution in [-0.4, -0.2) is 47.6 Å². The Morgan fingerprint density at radius 2 is 1.86 bits per heavy atom. The van der Waals surface area contributed by atoms with Gasteiger partial charge in [-0.05, 0) is 43.3 Å². The van der Waals surface area contributed by atoms with Gasteiger partial charge >= 0.3 is 0 Å². The second-order valence-corrected chi connectivity index (χ2v) is 9.58. The fourth-order valence-electron chi connectivity index (χ4n) is 3.42. The number of hydrogen-bond acceptors (Lipinski definition) is 9. The summed E-state index contributed by atoms with van der Waals surface area (Å²) < 4.78 is 47.1. The Labute approximate surface area is 202 Å². The lowest BCUT2D eigenvalue weighted by atomic mass is 10.2. The van der Waals surface area contributed by atoms with E-state index < -0.39 is 15.3 Å². The Morgan fingerprint density at radius 1 is 1.11 bits per heavy atom. The number of hydrogen-bond donors (Lipinski definition) is 1. The van der Waals surface area contributed by atoms with Crippen molar-refractivity contribution in [2.75, 3.05) is 18.9 Å². The van der Waals surface area contributed by atoms with E-state index in [0.717, 1.165) is 0 Å². The molecule has 0 saturated carbocycles. The van der Waals surface area contributed by atoms with Crippen LogP contribution in [0, 0.1) is 11.3 Å². The number of para-hydroxylation sites is 1. The highest BCUT2D eigenvalue weighted by atomic mass is 32.2. The molecule has 0 aliphatic carbocycles. The van der Waals surface area contributed by atoms with Gasteiger partial charge in [0.2, 0.25) is 21.8 Å². The van der Waals surface area contributed by atoms with Crippen molar-refractivity contribution < 1.29 is 22.3 Å². The number of nitrogens with zero attached hydrogens (tertiary/aromatic N) is 5. The van der Waals surface area contributed by atoms with Crippen LogP contribution in [0.5, 0.6) is 11.5 Å². The van der Waals surface area contributed by atoms with Crippen LogP contribution in [-0.2, 0) is 16.4 Å². The highest BCUT2D eigenvalue weighted by molar-refractivity contribution is 7.93. The average Bonchev–Trinajstić information content (AvgIpc) is 3.53. The number of rotatable bonds is 9. The first-order valence-corrected chi connectivity index (χ1v) is 12.0. The number of benzene rings is 1. The molecule has 0 amide bonds. The summed E-state index contributed by atoms with van der Waals surface area (Å²) in [5.74, 6) is 1.36. The third kappa shape index (κ3) is 4.80. The number of furan rings is 1. The summed E-state index contributed by atoms with van der Waals surface area (Å²) in [7, 11) is -0.959. The Balaban J connectivity index is 1.75. The maximum Gasteiger partial charge on any atom is 0.243 e. The van der Waals surface area contributed by atoms with Crippen LogP contribution in [0.3, 0.4) is 0 Å². The number of aromatic nitrogens is 4. The molecule has 1 unspecified atom stereocenters. The SMILES string of the molecule is COc1cccc(OC)c1-n1c(NS(=O)(=O)C(C)Cc2ccc(C#N)cn2)nnc1-c1ccco1. The number of sulfonamides is 1. The minimum atomic E-state index is -3.94. The van der Waals surface area contributed by atoms with E-state index in [9.17, 15) is 8.42 Å². The third-order valence-electron chi connectivity index (χ3n) is 5.24. The normalized spacial score (nSPS) is 12.1. The van der Waals surface area contributed by atoms with Crippen LogP contribution in [0.15, 0.2) is 59.3 Å². The van der Waals surface area contributed by atoms with Gasteiger partial charge in [-0.25, -0.2) is 8.42 Å². The van der Waals surface area contributed by atoms with Crippen molar-refractivity contribution in [3.05, 3.63) is 66.2 Å². The second-order valence-electron chi connectivity index (χ2n) is 7.48. The molecule has 0 aliphatic rings. The maximum atomic E-state index is 13.3. The summed E-state index contributed by atoms with van der Waals surface area (Å²) in [5, 5.41) is 16.3. The number of pyridine rings is 1. The van der Waals surface area contributed by atoms with E-state index in [1.165, 1.54) is 31.2 Å². The Hall–Kier alpha value is -4.37. The second kappa shape index (κ2) is 9.86. The number of nitriles is 1. The van der Waals surface area contributed by atoms with Crippen molar-refractivity contribution >= 4 is 16.0 Å². The Kier molecular flexibility index (Phi) is 6.70. The van der Waals surface area contributed by atoms with E-state index >= 15 is 0 Å². The van der Waals surface area contributed by atoms with Gasteiger partial charge in [-0.1, -0.05) is 6.07 Å². The molecular formula is C23H22N6O5S. The topological polar surface area (TPSA) is 145 Å². The van der Waals surface area contributed by atoms with E-state index in [1.54, 1.807) is 49.4 Å². The van der Waals surface area contributed by atoms with Gasteiger partial charge < -0.3 is 13.9 Å². The average molecular weight is 495 g/mol. The summed E-state index contributed by atoms with van der Waals surface area (Å²) in [6, 6.07) is 13.7. The highest BCUT2D eigenvalue weighted by Gasteiger charge is 2.28. The molecule has 1 atom stereocenters. The molecule has 0 bridgehead atoms. The van der Waals surface area contributed by atoms with Gasteiger partial charge in [0.05, 0.1) is 31.3 Å². The van der Waals surface area contributed by atoms with Crippen molar-refractivity contribution in [1.29, 1.82) is 5.26 Å². The summed E-state index contributed by atoms with van der Waals surface area (Å²) in [6.07, 6.45) is 3.00. The van der Waals surface area contributed by atoms with Gasteiger partial charge in [-0.15, -0.1) is 10.2 Å². The molecule has 12 heteroatoms. The fraction of sp³-hybridized carbons (Fsp3) is 0.217. The monoisotopic (exact) mass is 494 g/mol.